The number of piperidine rings is 1. The summed E-state index contributed by atoms with van der Waals surface area (Å²) in [7, 11) is 0. The Bertz CT molecular complexity index is 391. The Hall–Kier alpha value is -0.0000000000000000555. The van der Waals surface area contributed by atoms with Gasteiger partial charge < -0.3 is 10.6 Å². The van der Waals surface area contributed by atoms with E-state index in [2.05, 4.69) is 10.6 Å². The van der Waals surface area contributed by atoms with Gasteiger partial charge in [0.1, 0.15) is 4.34 Å². The molecule has 1 aliphatic heterocycles. The van der Waals surface area contributed by atoms with Crippen molar-refractivity contribution in [1.82, 2.24) is 10.6 Å². The van der Waals surface area contributed by atoms with E-state index in [0.717, 1.165) is 25.9 Å². The third kappa shape index (κ3) is 4.00. The third-order valence-electron chi connectivity index (χ3n) is 2.58. The van der Waals surface area contributed by atoms with Gasteiger partial charge >= 0.3 is 0 Å². The number of rotatable bonds is 2. The van der Waals surface area contributed by atoms with Crippen molar-refractivity contribution in [2.24, 2.45) is 0 Å². The zero-order valence-electron chi connectivity index (χ0n) is 8.96. The number of carbonyl (C=O) groups excluding carboxylic acids is 1. The number of hydrogen-bond acceptors (Lipinski definition) is 3. The molecule has 3 nitrogen and oxygen atoms in total. The zero-order valence-corrected chi connectivity index (χ0v) is 12.1. The Morgan fingerprint density at radius 1 is 1.41 bits per heavy atom. The van der Waals surface area contributed by atoms with Gasteiger partial charge in [-0.15, -0.1) is 23.7 Å². The highest BCUT2D eigenvalue weighted by molar-refractivity contribution is 7.20. The molecule has 0 radical (unpaired) electrons. The number of halogens is 3. The van der Waals surface area contributed by atoms with E-state index in [9.17, 15) is 4.79 Å². The van der Waals surface area contributed by atoms with Crippen LogP contribution in [-0.4, -0.2) is 25.0 Å². The van der Waals surface area contributed by atoms with Crippen LogP contribution >= 0.6 is 46.9 Å². The average Bonchev–Trinajstić information content (AvgIpc) is 2.59. The summed E-state index contributed by atoms with van der Waals surface area (Å²) < 4.78 is 0.997. The molecular formula is C10H13Cl3N2OS. The second-order valence-corrected chi connectivity index (χ2v) is 6.02. The van der Waals surface area contributed by atoms with Gasteiger partial charge in [-0.3, -0.25) is 4.79 Å². The Kier molecular flexibility index (Phi) is 6.03. The molecule has 1 amide bonds. The SMILES string of the molecule is Cl.O=C(NC1CCNCC1)c1cc(Cl)sc1Cl. The first-order chi connectivity index (χ1) is 7.66. The van der Waals surface area contributed by atoms with E-state index >= 15 is 0 Å². The lowest BCUT2D eigenvalue weighted by atomic mass is 10.1. The van der Waals surface area contributed by atoms with Gasteiger partial charge in [0.2, 0.25) is 0 Å². The fraction of sp³-hybridized carbons (Fsp3) is 0.500. The van der Waals surface area contributed by atoms with Crippen LogP contribution in [0.15, 0.2) is 6.07 Å². The molecule has 2 rings (SSSR count). The van der Waals surface area contributed by atoms with Crippen LogP contribution in [0.1, 0.15) is 23.2 Å². The quantitative estimate of drug-likeness (QED) is 0.881. The second-order valence-electron chi connectivity index (χ2n) is 3.74. The summed E-state index contributed by atoms with van der Waals surface area (Å²) in [5.41, 5.74) is 0.482. The number of amides is 1. The average molecular weight is 316 g/mol. The van der Waals surface area contributed by atoms with Crippen molar-refractivity contribution >= 4 is 52.9 Å². The van der Waals surface area contributed by atoms with Crippen LogP contribution in [0.25, 0.3) is 0 Å². The molecule has 1 fully saturated rings. The molecule has 1 aromatic rings. The zero-order chi connectivity index (χ0) is 11.5. The highest BCUT2D eigenvalue weighted by Gasteiger charge is 2.19. The number of hydrogen-bond donors (Lipinski definition) is 2. The standard InChI is InChI=1S/C10H12Cl2N2OS.ClH/c11-8-5-7(9(12)16-8)10(15)14-6-1-3-13-4-2-6;/h5-6,13H,1-4H2,(H,14,15);1H. The van der Waals surface area contributed by atoms with Crippen molar-refractivity contribution in [1.29, 1.82) is 0 Å². The molecule has 0 aromatic carbocycles. The monoisotopic (exact) mass is 314 g/mol. The van der Waals surface area contributed by atoms with Gasteiger partial charge in [-0.25, -0.2) is 0 Å². The third-order valence-corrected chi connectivity index (χ3v) is 4.06. The van der Waals surface area contributed by atoms with Gasteiger partial charge in [-0.2, -0.15) is 0 Å². The molecule has 1 saturated heterocycles. The van der Waals surface area contributed by atoms with E-state index in [-0.39, 0.29) is 24.4 Å². The number of carbonyl (C=O) groups is 1. The van der Waals surface area contributed by atoms with Gasteiger partial charge in [-0.05, 0) is 32.0 Å². The minimum Gasteiger partial charge on any atom is -0.349 e. The molecule has 0 aliphatic carbocycles. The fourth-order valence-electron chi connectivity index (χ4n) is 1.72. The van der Waals surface area contributed by atoms with Gasteiger partial charge in [0.25, 0.3) is 5.91 Å². The molecule has 0 atom stereocenters. The second kappa shape index (κ2) is 6.81. The molecule has 1 aliphatic rings. The first-order valence-corrected chi connectivity index (χ1v) is 6.70. The van der Waals surface area contributed by atoms with E-state index in [1.807, 2.05) is 0 Å². The summed E-state index contributed by atoms with van der Waals surface area (Å²) in [6, 6.07) is 1.86. The summed E-state index contributed by atoms with van der Waals surface area (Å²) in [6.45, 7) is 1.89. The minimum absolute atomic E-state index is 0. The Balaban J connectivity index is 0.00000144. The summed E-state index contributed by atoms with van der Waals surface area (Å²) in [5.74, 6) is -0.125. The van der Waals surface area contributed by atoms with E-state index in [4.69, 9.17) is 23.2 Å². The van der Waals surface area contributed by atoms with Crippen LogP contribution < -0.4 is 10.6 Å². The predicted octanol–water partition coefficient (Wildman–Crippen LogP) is 2.96. The van der Waals surface area contributed by atoms with Crippen LogP contribution in [0.5, 0.6) is 0 Å². The van der Waals surface area contributed by atoms with E-state index < -0.39 is 0 Å². The van der Waals surface area contributed by atoms with E-state index in [1.54, 1.807) is 6.07 Å². The topological polar surface area (TPSA) is 41.1 Å². The summed E-state index contributed by atoms with van der Waals surface area (Å²) >= 11 is 12.9. The maximum atomic E-state index is 11.9. The number of thiophene rings is 1. The largest absolute Gasteiger partial charge is 0.349 e. The predicted molar refractivity (Wildman–Crippen MR) is 74.9 cm³/mol. The molecule has 2 heterocycles. The molecule has 96 valence electrons. The normalized spacial score (nSPS) is 16.4. The van der Waals surface area contributed by atoms with Crippen molar-refractivity contribution in [2.75, 3.05) is 13.1 Å². The van der Waals surface area contributed by atoms with Crippen LogP contribution in [-0.2, 0) is 0 Å². The van der Waals surface area contributed by atoms with Crippen LogP contribution in [0, 0.1) is 0 Å². The van der Waals surface area contributed by atoms with Crippen molar-refractivity contribution in [3.63, 3.8) is 0 Å². The highest BCUT2D eigenvalue weighted by Crippen LogP contribution is 2.31. The van der Waals surface area contributed by atoms with Crippen LogP contribution in [0.2, 0.25) is 8.67 Å². The number of nitrogens with one attached hydrogen (secondary N) is 2. The van der Waals surface area contributed by atoms with Crippen molar-refractivity contribution in [2.45, 2.75) is 18.9 Å². The van der Waals surface area contributed by atoms with Gasteiger partial charge in [0.05, 0.1) is 9.90 Å². The van der Waals surface area contributed by atoms with E-state index in [0.29, 0.717) is 14.2 Å². The Labute approximate surface area is 120 Å². The Morgan fingerprint density at radius 2 is 2.06 bits per heavy atom. The molecule has 7 heteroatoms. The lowest BCUT2D eigenvalue weighted by Gasteiger charge is -2.23. The lowest BCUT2D eigenvalue weighted by Crippen LogP contribution is -2.42. The van der Waals surface area contributed by atoms with Crippen molar-refractivity contribution < 1.29 is 4.79 Å². The smallest absolute Gasteiger partial charge is 0.253 e. The van der Waals surface area contributed by atoms with Crippen molar-refractivity contribution in [3.05, 3.63) is 20.3 Å². The van der Waals surface area contributed by atoms with Crippen molar-refractivity contribution in [3.8, 4) is 0 Å². The molecule has 2 N–H and O–H groups in total. The van der Waals surface area contributed by atoms with E-state index in [1.165, 1.54) is 11.3 Å². The molecule has 1 aromatic heterocycles. The molecule has 0 saturated carbocycles. The first kappa shape index (κ1) is 15.1. The molecule has 0 spiro atoms. The Morgan fingerprint density at radius 3 is 2.59 bits per heavy atom. The van der Waals surface area contributed by atoms with Gasteiger partial charge in [-0.1, -0.05) is 23.2 Å². The molecule has 17 heavy (non-hydrogen) atoms. The summed E-state index contributed by atoms with van der Waals surface area (Å²) in [6.07, 6.45) is 1.92. The maximum Gasteiger partial charge on any atom is 0.253 e. The maximum absolute atomic E-state index is 11.9. The van der Waals surface area contributed by atoms with Crippen LogP contribution in [0.3, 0.4) is 0 Å². The highest BCUT2D eigenvalue weighted by atomic mass is 35.5. The molecular weight excluding hydrogens is 303 g/mol. The minimum atomic E-state index is -0.125. The van der Waals surface area contributed by atoms with Gasteiger partial charge in [0.15, 0.2) is 0 Å². The van der Waals surface area contributed by atoms with Crippen LogP contribution in [0.4, 0.5) is 0 Å². The fourth-order valence-corrected chi connectivity index (χ4v) is 3.18. The summed E-state index contributed by atoms with van der Waals surface area (Å²) in [5, 5.41) is 6.22. The van der Waals surface area contributed by atoms with Gasteiger partial charge in [0, 0.05) is 6.04 Å². The summed E-state index contributed by atoms with van der Waals surface area (Å²) in [4.78, 5) is 11.9. The molecule has 0 unspecified atom stereocenters. The first-order valence-electron chi connectivity index (χ1n) is 5.13. The lowest BCUT2D eigenvalue weighted by molar-refractivity contribution is 0.0930. The molecule has 0 bridgehead atoms.